The number of carbonyl (C=O) groups is 1. The number of nitrogens with one attached hydrogen (secondary N) is 1. The topological polar surface area (TPSA) is 104 Å². The van der Waals surface area contributed by atoms with Crippen molar-refractivity contribution in [3.63, 3.8) is 0 Å². The summed E-state index contributed by atoms with van der Waals surface area (Å²) >= 11 is 0. The summed E-state index contributed by atoms with van der Waals surface area (Å²) in [5.41, 5.74) is 1.43. The van der Waals surface area contributed by atoms with E-state index in [2.05, 4.69) is 20.6 Å². The van der Waals surface area contributed by atoms with Crippen molar-refractivity contribution in [1.29, 1.82) is 0 Å². The molecule has 0 saturated heterocycles. The summed E-state index contributed by atoms with van der Waals surface area (Å²) in [6.07, 6.45) is 3.62. The molecule has 0 aliphatic rings. The maximum absolute atomic E-state index is 13.5. The van der Waals surface area contributed by atoms with E-state index in [4.69, 9.17) is 14.0 Å². The van der Waals surface area contributed by atoms with Crippen LogP contribution in [0.3, 0.4) is 0 Å². The first-order chi connectivity index (χ1) is 16.3. The van der Waals surface area contributed by atoms with Crippen molar-refractivity contribution in [2.75, 3.05) is 20.8 Å². The summed E-state index contributed by atoms with van der Waals surface area (Å²) in [5, 5.41) is 11.1. The van der Waals surface area contributed by atoms with Gasteiger partial charge in [0, 0.05) is 43.6 Å². The Morgan fingerprint density at radius 2 is 2.03 bits per heavy atom. The summed E-state index contributed by atoms with van der Waals surface area (Å²) in [7, 11) is 4.80. The van der Waals surface area contributed by atoms with Gasteiger partial charge in [0.2, 0.25) is 5.88 Å². The highest BCUT2D eigenvalue weighted by Gasteiger charge is 2.33. The number of methoxy groups -OCH3 is 2. The monoisotopic (exact) mass is 465 g/mol. The van der Waals surface area contributed by atoms with Crippen molar-refractivity contribution >= 4 is 5.91 Å². The van der Waals surface area contributed by atoms with Crippen LogP contribution >= 0.6 is 0 Å². The predicted octanol–water partition coefficient (Wildman–Crippen LogP) is 3.36. The number of ether oxygens (including phenoxy) is 2. The zero-order valence-electron chi connectivity index (χ0n) is 19.2. The Bertz CT molecular complexity index is 1320. The highest BCUT2D eigenvalue weighted by molar-refractivity contribution is 5.93. The van der Waals surface area contributed by atoms with Crippen LogP contribution in [-0.2, 0) is 12.5 Å². The maximum atomic E-state index is 13.5. The van der Waals surface area contributed by atoms with Gasteiger partial charge in [-0.2, -0.15) is 5.10 Å². The largest absolute Gasteiger partial charge is 0.496 e. The molecule has 3 heterocycles. The minimum absolute atomic E-state index is 0.0773. The second-order valence-corrected chi connectivity index (χ2v) is 7.90. The quantitative estimate of drug-likeness (QED) is 0.425. The van der Waals surface area contributed by atoms with Crippen molar-refractivity contribution in [3.8, 4) is 23.0 Å². The molecule has 0 fully saturated rings. The normalized spacial score (nSPS) is 12.7. The van der Waals surface area contributed by atoms with Gasteiger partial charge >= 0.3 is 0 Å². The molecule has 4 aromatic rings. The molecule has 3 aromatic heterocycles. The minimum atomic E-state index is -0.703. The standard InChI is InChI=1S/C24H24FN5O4/c1-24(15-12-27-30(2)13-15,21-6-5-7-22(28-21)33-4)14-26-23(31)18-11-20(34-29-18)17-9-8-16(25)10-19(17)32-3/h5-13H,14H2,1-4H3,(H,26,31). The van der Waals surface area contributed by atoms with Crippen LogP contribution in [0.2, 0.25) is 0 Å². The third kappa shape index (κ3) is 4.47. The second kappa shape index (κ2) is 9.34. The van der Waals surface area contributed by atoms with Crippen LogP contribution in [-0.4, -0.2) is 46.6 Å². The third-order valence-electron chi connectivity index (χ3n) is 5.61. The van der Waals surface area contributed by atoms with Crippen LogP contribution in [0.5, 0.6) is 11.6 Å². The van der Waals surface area contributed by atoms with Gasteiger partial charge in [0.05, 0.1) is 37.1 Å². The Balaban J connectivity index is 1.59. The first-order valence-corrected chi connectivity index (χ1v) is 10.4. The van der Waals surface area contributed by atoms with Crippen LogP contribution < -0.4 is 14.8 Å². The first kappa shape index (κ1) is 23.0. The second-order valence-electron chi connectivity index (χ2n) is 7.90. The molecular weight excluding hydrogens is 441 g/mol. The van der Waals surface area contributed by atoms with E-state index in [1.165, 1.54) is 31.4 Å². The average Bonchev–Trinajstić information content (AvgIpc) is 3.52. The minimum Gasteiger partial charge on any atom is -0.496 e. The van der Waals surface area contributed by atoms with E-state index in [0.717, 1.165) is 5.56 Å². The van der Waals surface area contributed by atoms with Gasteiger partial charge in [-0.05, 0) is 25.1 Å². The number of amides is 1. The molecule has 4 rings (SSSR count). The Hall–Kier alpha value is -4.21. The Labute approximate surface area is 195 Å². The fourth-order valence-electron chi connectivity index (χ4n) is 3.61. The van der Waals surface area contributed by atoms with Gasteiger partial charge in [0.1, 0.15) is 11.6 Å². The summed E-state index contributed by atoms with van der Waals surface area (Å²) in [6, 6.07) is 11.0. The molecule has 9 nitrogen and oxygen atoms in total. The lowest BCUT2D eigenvalue weighted by Crippen LogP contribution is -2.40. The lowest BCUT2D eigenvalue weighted by Gasteiger charge is -2.28. The maximum Gasteiger partial charge on any atom is 0.273 e. The lowest BCUT2D eigenvalue weighted by atomic mass is 9.80. The molecular formula is C24H24FN5O4. The molecule has 0 spiro atoms. The molecule has 1 amide bonds. The third-order valence-corrected chi connectivity index (χ3v) is 5.61. The summed E-state index contributed by atoms with van der Waals surface area (Å²) in [4.78, 5) is 17.5. The van der Waals surface area contributed by atoms with Gasteiger partial charge < -0.3 is 19.3 Å². The van der Waals surface area contributed by atoms with Crippen molar-refractivity contribution in [1.82, 2.24) is 25.2 Å². The van der Waals surface area contributed by atoms with E-state index in [1.807, 2.05) is 32.3 Å². The summed E-state index contributed by atoms with van der Waals surface area (Å²) in [5.74, 6) is 0.143. The Morgan fingerprint density at radius 3 is 2.74 bits per heavy atom. The number of hydrogen-bond acceptors (Lipinski definition) is 7. The molecule has 1 atom stereocenters. The number of pyridine rings is 1. The van der Waals surface area contributed by atoms with Gasteiger partial charge in [-0.1, -0.05) is 11.2 Å². The molecule has 0 bridgehead atoms. The molecule has 1 unspecified atom stereocenters. The number of hydrogen-bond donors (Lipinski definition) is 1. The number of rotatable bonds is 8. The molecule has 0 radical (unpaired) electrons. The van der Waals surface area contributed by atoms with Crippen LogP contribution in [0.4, 0.5) is 4.39 Å². The van der Waals surface area contributed by atoms with Crippen molar-refractivity contribution in [2.24, 2.45) is 7.05 Å². The first-order valence-electron chi connectivity index (χ1n) is 10.4. The van der Waals surface area contributed by atoms with Crippen LogP contribution in [0.25, 0.3) is 11.3 Å². The van der Waals surface area contributed by atoms with E-state index in [0.29, 0.717) is 17.1 Å². The van der Waals surface area contributed by atoms with E-state index in [1.54, 1.807) is 24.1 Å². The SMILES string of the molecule is COc1cccc(C(C)(CNC(=O)c2cc(-c3ccc(F)cc3OC)on2)c2cnn(C)c2)n1. The van der Waals surface area contributed by atoms with Crippen molar-refractivity contribution < 1.29 is 23.2 Å². The number of halogens is 1. The molecule has 176 valence electrons. The number of carbonyl (C=O) groups excluding carboxylic acids is 1. The highest BCUT2D eigenvalue weighted by atomic mass is 19.1. The number of nitrogens with zero attached hydrogens (tertiary/aromatic N) is 4. The molecule has 0 aliphatic carbocycles. The molecule has 34 heavy (non-hydrogen) atoms. The average molecular weight is 465 g/mol. The smallest absolute Gasteiger partial charge is 0.273 e. The van der Waals surface area contributed by atoms with E-state index >= 15 is 0 Å². The summed E-state index contributed by atoms with van der Waals surface area (Å²) < 4.78 is 31.0. The molecule has 1 aromatic carbocycles. The van der Waals surface area contributed by atoms with E-state index in [9.17, 15) is 9.18 Å². The van der Waals surface area contributed by atoms with Crippen LogP contribution in [0.1, 0.15) is 28.7 Å². The fraction of sp³-hybridized carbons (Fsp3) is 0.250. The highest BCUT2D eigenvalue weighted by Crippen LogP contribution is 2.32. The molecule has 1 N–H and O–H groups in total. The fourth-order valence-corrected chi connectivity index (χ4v) is 3.61. The van der Waals surface area contributed by atoms with Gasteiger partial charge in [-0.25, -0.2) is 9.37 Å². The van der Waals surface area contributed by atoms with Gasteiger partial charge in [-0.15, -0.1) is 0 Å². The van der Waals surface area contributed by atoms with Gasteiger partial charge in [0.25, 0.3) is 5.91 Å². The van der Waals surface area contributed by atoms with Crippen LogP contribution in [0, 0.1) is 5.82 Å². The molecule has 10 heteroatoms. The molecule has 0 saturated carbocycles. The predicted molar refractivity (Wildman–Crippen MR) is 121 cm³/mol. The number of aromatic nitrogens is 4. The van der Waals surface area contributed by atoms with E-state index < -0.39 is 17.1 Å². The van der Waals surface area contributed by atoms with Crippen molar-refractivity contribution in [2.45, 2.75) is 12.3 Å². The zero-order chi connectivity index (χ0) is 24.3. The van der Waals surface area contributed by atoms with Gasteiger partial charge in [0.15, 0.2) is 11.5 Å². The molecule has 0 aliphatic heterocycles. The van der Waals surface area contributed by atoms with Gasteiger partial charge in [-0.3, -0.25) is 9.48 Å². The lowest BCUT2D eigenvalue weighted by molar-refractivity contribution is 0.0938. The number of aryl methyl sites for hydroxylation is 1. The Morgan fingerprint density at radius 1 is 1.21 bits per heavy atom. The van der Waals surface area contributed by atoms with E-state index in [-0.39, 0.29) is 23.7 Å². The van der Waals surface area contributed by atoms with Crippen LogP contribution in [0.15, 0.2) is 59.4 Å². The number of benzene rings is 1. The van der Waals surface area contributed by atoms with Crippen molar-refractivity contribution in [3.05, 3.63) is 77.6 Å². The summed E-state index contributed by atoms with van der Waals surface area (Å²) in [6.45, 7) is 2.17. The zero-order valence-corrected chi connectivity index (χ0v) is 19.2. The Kier molecular flexibility index (Phi) is 6.31.